The van der Waals surface area contributed by atoms with Crippen molar-refractivity contribution in [1.82, 2.24) is 15.3 Å². The number of piperidine rings is 1. The van der Waals surface area contributed by atoms with Crippen LogP contribution < -0.4 is 10.2 Å². The smallest absolute Gasteiger partial charge is 0.298 e. The van der Waals surface area contributed by atoms with Gasteiger partial charge in [-0.1, -0.05) is 11.6 Å². The van der Waals surface area contributed by atoms with Crippen molar-refractivity contribution >= 4 is 34.6 Å². The zero-order valence-corrected chi connectivity index (χ0v) is 15.9. The second kappa shape index (κ2) is 7.56. The molecule has 3 heterocycles. The first kappa shape index (κ1) is 17.8. The highest BCUT2D eigenvalue weighted by Gasteiger charge is 2.27. The fraction of sp³-hybridized carbons (Fsp3) is 0.350. The molecule has 0 bridgehead atoms. The van der Waals surface area contributed by atoms with E-state index >= 15 is 0 Å². The van der Waals surface area contributed by atoms with Crippen LogP contribution in [0.2, 0.25) is 5.02 Å². The summed E-state index contributed by atoms with van der Waals surface area (Å²) in [4.78, 5) is 23.2. The van der Waals surface area contributed by atoms with Crippen LogP contribution in [0.5, 0.6) is 0 Å². The van der Waals surface area contributed by atoms with E-state index in [1.807, 2.05) is 25.3 Å². The van der Waals surface area contributed by atoms with E-state index in [4.69, 9.17) is 16.0 Å². The van der Waals surface area contributed by atoms with Crippen molar-refractivity contribution in [2.45, 2.75) is 26.3 Å². The molecular formula is C20H21ClN4O2. The van der Waals surface area contributed by atoms with Gasteiger partial charge in [-0.15, -0.1) is 0 Å². The van der Waals surface area contributed by atoms with Gasteiger partial charge in [0.2, 0.25) is 5.91 Å². The Hall–Kier alpha value is -2.60. The fourth-order valence-electron chi connectivity index (χ4n) is 3.38. The number of oxazole rings is 1. The van der Waals surface area contributed by atoms with Crippen LogP contribution in [0.4, 0.5) is 6.01 Å². The molecule has 0 atom stereocenters. The van der Waals surface area contributed by atoms with Crippen molar-refractivity contribution in [2.24, 2.45) is 5.92 Å². The first-order valence-corrected chi connectivity index (χ1v) is 9.46. The Balaban J connectivity index is 1.34. The number of halogens is 1. The molecule has 4 rings (SSSR count). The van der Waals surface area contributed by atoms with Crippen LogP contribution in [0, 0.1) is 12.8 Å². The van der Waals surface area contributed by atoms with Gasteiger partial charge in [0.1, 0.15) is 5.52 Å². The van der Waals surface area contributed by atoms with Crippen LogP contribution in [0.1, 0.15) is 24.0 Å². The minimum absolute atomic E-state index is 0.0159. The summed E-state index contributed by atoms with van der Waals surface area (Å²) in [5, 5.41) is 3.68. The number of aryl methyl sites for hydroxylation is 1. The van der Waals surface area contributed by atoms with Crippen LogP contribution in [-0.2, 0) is 11.3 Å². The molecular weight excluding hydrogens is 364 g/mol. The van der Waals surface area contributed by atoms with Crippen molar-refractivity contribution in [2.75, 3.05) is 18.0 Å². The standard InChI is InChI=1S/C20H21ClN4O2/c1-13-11-22-7-4-15(13)12-23-19(26)14-5-8-25(9-6-14)20-24-17-3-2-16(21)10-18(17)27-20/h2-4,7,10-11,14H,5-6,8-9,12H2,1H3,(H,23,26). The lowest BCUT2D eigenvalue weighted by molar-refractivity contribution is -0.125. The first-order chi connectivity index (χ1) is 13.1. The molecule has 3 aromatic rings. The average molecular weight is 385 g/mol. The van der Waals surface area contributed by atoms with Gasteiger partial charge in [0.15, 0.2) is 5.58 Å². The zero-order valence-electron chi connectivity index (χ0n) is 15.1. The normalized spacial score (nSPS) is 15.3. The highest BCUT2D eigenvalue weighted by Crippen LogP contribution is 2.28. The molecule has 0 unspecified atom stereocenters. The lowest BCUT2D eigenvalue weighted by atomic mass is 9.96. The molecule has 1 saturated heterocycles. The van der Waals surface area contributed by atoms with E-state index in [2.05, 4.69) is 20.2 Å². The number of benzene rings is 1. The quantitative estimate of drug-likeness (QED) is 0.742. The highest BCUT2D eigenvalue weighted by molar-refractivity contribution is 6.31. The minimum atomic E-state index is 0.0159. The third-order valence-electron chi connectivity index (χ3n) is 5.07. The molecule has 27 heavy (non-hydrogen) atoms. The lowest BCUT2D eigenvalue weighted by Crippen LogP contribution is -2.40. The van der Waals surface area contributed by atoms with Gasteiger partial charge in [-0.25, -0.2) is 0 Å². The van der Waals surface area contributed by atoms with Crippen molar-refractivity contribution in [3.05, 3.63) is 52.8 Å². The first-order valence-electron chi connectivity index (χ1n) is 9.08. The number of amides is 1. The SMILES string of the molecule is Cc1cnccc1CNC(=O)C1CCN(c2nc3ccc(Cl)cc3o2)CC1. The van der Waals surface area contributed by atoms with Crippen molar-refractivity contribution in [1.29, 1.82) is 0 Å². The Kier molecular flexibility index (Phi) is 4.99. The number of anilines is 1. The summed E-state index contributed by atoms with van der Waals surface area (Å²) >= 11 is 6.00. The molecule has 1 aliphatic rings. The maximum atomic E-state index is 12.5. The number of pyridine rings is 1. The van der Waals surface area contributed by atoms with Crippen LogP contribution >= 0.6 is 11.6 Å². The number of nitrogens with one attached hydrogen (secondary N) is 1. The largest absolute Gasteiger partial charge is 0.423 e. The van der Waals surface area contributed by atoms with E-state index in [1.54, 1.807) is 18.3 Å². The van der Waals surface area contributed by atoms with Crippen molar-refractivity contribution in [3.8, 4) is 0 Å². The van der Waals surface area contributed by atoms with E-state index in [1.165, 1.54) is 0 Å². The molecule has 0 radical (unpaired) electrons. The molecule has 0 spiro atoms. The maximum Gasteiger partial charge on any atom is 0.298 e. The Bertz CT molecular complexity index is 964. The zero-order chi connectivity index (χ0) is 18.8. The number of aromatic nitrogens is 2. The van der Waals surface area contributed by atoms with E-state index in [0.29, 0.717) is 23.2 Å². The van der Waals surface area contributed by atoms with Gasteiger partial charge in [0.25, 0.3) is 6.01 Å². The maximum absolute atomic E-state index is 12.5. The summed E-state index contributed by atoms with van der Waals surface area (Å²) in [6.07, 6.45) is 5.12. The molecule has 1 aliphatic heterocycles. The van der Waals surface area contributed by atoms with Crippen LogP contribution in [-0.4, -0.2) is 29.0 Å². The topological polar surface area (TPSA) is 71.3 Å². The van der Waals surface area contributed by atoms with Crippen molar-refractivity contribution < 1.29 is 9.21 Å². The second-order valence-corrected chi connectivity index (χ2v) is 7.33. The summed E-state index contributed by atoms with van der Waals surface area (Å²) in [7, 11) is 0. The Morgan fingerprint density at radius 1 is 1.33 bits per heavy atom. The van der Waals surface area contributed by atoms with Gasteiger partial charge in [-0.3, -0.25) is 9.78 Å². The molecule has 2 aromatic heterocycles. The second-order valence-electron chi connectivity index (χ2n) is 6.89. The Morgan fingerprint density at radius 3 is 2.93 bits per heavy atom. The van der Waals surface area contributed by atoms with Gasteiger partial charge < -0.3 is 14.6 Å². The lowest BCUT2D eigenvalue weighted by Gasteiger charge is -2.30. The average Bonchev–Trinajstić information content (AvgIpc) is 3.10. The highest BCUT2D eigenvalue weighted by atomic mass is 35.5. The summed E-state index contributed by atoms with van der Waals surface area (Å²) in [6.45, 7) is 4.03. The Labute approximate surface area is 162 Å². The molecule has 1 aromatic carbocycles. The number of hydrogen-bond donors (Lipinski definition) is 1. The number of fused-ring (bicyclic) bond motifs is 1. The van der Waals surface area contributed by atoms with Crippen LogP contribution in [0.15, 0.2) is 41.1 Å². The summed E-state index contributed by atoms with van der Waals surface area (Å²) in [6, 6.07) is 7.97. The minimum Gasteiger partial charge on any atom is -0.423 e. The van der Waals surface area contributed by atoms with Gasteiger partial charge in [-0.05, 0) is 49.1 Å². The van der Waals surface area contributed by atoms with Crippen molar-refractivity contribution in [3.63, 3.8) is 0 Å². The molecule has 140 valence electrons. The van der Waals surface area contributed by atoms with Gasteiger partial charge in [-0.2, -0.15) is 4.98 Å². The summed E-state index contributed by atoms with van der Waals surface area (Å²) in [5.74, 6) is 0.123. The fourth-order valence-corrected chi connectivity index (χ4v) is 3.54. The molecule has 6 nitrogen and oxygen atoms in total. The summed E-state index contributed by atoms with van der Waals surface area (Å²) < 4.78 is 5.83. The Morgan fingerprint density at radius 2 is 2.15 bits per heavy atom. The van der Waals surface area contributed by atoms with Gasteiger partial charge in [0.05, 0.1) is 0 Å². The molecule has 1 fully saturated rings. The van der Waals surface area contributed by atoms with E-state index < -0.39 is 0 Å². The third-order valence-corrected chi connectivity index (χ3v) is 5.30. The predicted octanol–water partition coefficient (Wildman–Crippen LogP) is 3.72. The summed E-state index contributed by atoms with van der Waals surface area (Å²) in [5.41, 5.74) is 3.66. The molecule has 1 amide bonds. The molecule has 0 aliphatic carbocycles. The number of rotatable bonds is 4. The molecule has 7 heteroatoms. The number of nitrogens with zero attached hydrogens (tertiary/aromatic N) is 3. The number of carbonyl (C=O) groups is 1. The number of carbonyl (C=O) groups excluding carboxylic acids is 1. The molecule has 0 saturated carbocycles. The van der Waals surface area contributed by atoms with Crippen LogP contribution in [0.3, 0.4) is 0 Å². The third kappa shape index (κ3) is 3.90. The van der Waals surface area contributed by atoms with Gasteiger partial charge >= 0.3 is 0 Å². The van der Waals surface area contributed by atoms with Gasteiger partial charge in [0, 0.05) is 49.0 Å². The molecule has 1 N–H and O–H groups in total. The van der Waals surface area contributed by atoms with Crippen LogP contribution in [0.25, 0.3) is 11.1 Å². The van der Waals surface area contributed by atoms with E-state index in [-0.39, 0.29) is 11.8 Å². The number of hydrogen-bond acceptors (Lipinski definition) is 5. The monoisotopic (exact) mass is 384 g/mol. The van der Waals surface area contributed by atoms with E-state index in [9.17, 15) is 4.79 Å². The van der Waals surface area contributed by atoms with E-state index in [0.717, 1.165) is 42.6 Å². The predicted molar refractivity (Wildman–Crippen MR) is 105 cm³/mol.